The van der Waals surface area contributed by atoms with Gasteiger partial charge in [-0.3, -0.25) is 14.7 Å². The smallest absolute Gasteiger partial charge is 0.309 e. The summed E-state index contributed by atoms with van der Waals surface area (Å²) in [5.74, 6) is -2.84. The Morgan fingerprint density at radius 3 is 2.45 bits per heavy atom. The quantitative estimate of drug-likeness (QED) is 0.185. The van der Waals surface area contributed by atoms with Crippen LogP contribution in [0, 0.1) is 22.9 Å². The molecule has 1 aromatic heterocycles. The van der Waals surface area contributed by atoms with Crippen LogP contribution >= 0.6 is 11.8 Å². The van der Waals surface area contributed by atoms with E-state index in [1.54, 1.807) is 31.5 Å². The van der Waals surface area contributed by atoms with Gasteiger partial charge in [-0.15, -0.1) is 11.8 Å². The van der Waals surface area contributed by atoms with E-state index in [-0.39, 0.29) is 17.7 Å². The number of piperidine rings is 1. The highest BCUT2D eigenvalue weighted by Crippen LogP contribution is 2.42. The van der Waals surface area contributed by atoms with Gasteiger partial charge in [0.05, 0.1) is 36.2 Å². The Balaban J connectivity index is 1.25. The van der Waals surface area contributed by atoms with Gasteiger partial charge in [-0.2, -0.15) is 0 Å². The summed E-state index contributed by atoms with van der Waals surface area (Å²) in [6.45, 7) is 4.63. The number of aliphatic carboxylic acids is 1. The highest BCUT2D eigenvalue weighted by atomic mass is 32.2. The number of carboxylic acids is 1. The van der Waals surface area contributed by atoms with Gasteiger partial charge in [0.2, 0.25) is 0 Å². The number of carbonyl (C=O) groups is 1. The second-order valence-corrected chi connectivity index (χ2v) is 12.6. The molecular weight excluding hydrogens is 598 g/mol. The predicted octanol–water partition coefficient (Wildman–Crippen LogP) is 6.24. The third kappa shape index (κ3) is 7.47. The number of ether oxygens (including phenoxy) is 2. The summed E-state index contributed by atoms with van der Waals surface area (Å²) < 4.78 is 68.4. The normalized spacial score (nSPS) is 18.4. The van der Waals surface area contributed by atoms with E-state index in [4.69, 9.17) is 9.47 Å². The fourth-order valence-electron chi connectivity index (χ4n) is 6.12. The number of morpholine rings is 1. The number of alkyl halides is 1. The van der Waals surface area contributed by atoms with Crippen molar-refractivity contribution in [3.8, 4) is 5.75 Å². The first kappa shape index (κ1) is 32.5. The third-order valence-electron chi connectivity index (χ3n) is 8.77. The number of benzene rings is 2. The fourth-order valence-corrected chi connectivity index (χ4v) is 7.07. The van der Waals surface area contributed by atoms with Crippen LogP contribution in [0.1, 0.15) is 43.0 Å². The molecule has 1 unspecified atom stereocenters. The van der Waals surface area contributed by atoms with Crippen LogP contribution in [0.15, 0.2) is 41.4 Å². The Morgan fingerprint density at radius 2 is 1.80 bits per heavy atom. The zero-order valence-corrected chi connectivity index (χ0v) is 25.5. The lowest BCUT2D eigenvalue weighted by atomic mass is 9.74. The average molecular weight is 636 g/mol. The van der Waals surface area contributed by atoms with E-state index in [0.717, 1.165) is 30.4 Å². The Hall–Kier alpha value is -2.93. The van der Waals surface area contributed by atoms with Crippen molar-refractivity contribution in [1.82, 2.24) is 14.8 Å². The number of likely N-dealkylation sites (tertiary alicyclic amines) is 1. The summed E-state index contributed by atoms with van der Waals surface area (Å²) in [6.07, 6.45) is 1.20. The van der Waals surface area contributed by atoms with Gasteiger partial charge < -0.3 is 19.5 Å². The van der Waals surface area contributed by atoms with Crippen LogP contribution in [0.2, 0.25) is 0 Å². The zero-order chi connectivity index (χ0) is 31.3. The molecule has 0 radical (unpaired) electrons. The molecular formula is C32H37F4N3O4S. The van der Waals surface area contributed by atoms with E-state index in [0.29, 0.717) is 92.3 Å². The molecule has 0 aliphatic carbocycles. The number of rotatable bonds is 12. The molecule has 3 aromatic rings. The number of methoxy groups -OCH3 is 1. The number of thioether (sulfide) groups is 1. The van der Waals surface area contributed by atoms with E-state index in [9.17, 15) is 23.1 Å². The van der Waals surface area contributed by atoms with Crippen LogP contribution in [-0.2, 0) is 16.1 Å². The van der Waals surface area contributed by atoms with Crippen molar-refractivity contribution in [2.75, 3.05) is 58.8 Å². The van der Waals surface area contributed by atoms with Crippen molar-refractivity contribution in [2.45, 2.75) is 43.3 Å². The molecule has 44 heavy (non-hydrogen) atoms. The molecule has 0 bridgehead atoms. The molecule has 12 heteroatoms. The van der Waals surface area contributed by atoms with Gasteiger partial charge in [0.15, 0.2) is 0 Å². The van der Waals surface area contributed by atoms with Crippen molar-refractivity contribution in [3.05, 3.63) is 65.1 Å². The van der Waals surface area contributed by atoms with E-state index in [2.05, 4.69) is 9.88 Å². The molecule has 2 aliphatic heterocycles. The van der Waals surface area contributed by atoms with Crippen molar-refractivity contribution in [2.24, 2.45) is 5.41 Å². The number of hydrogen-bond donors (Lipinski definition) is 1. The van der Waals surface area contributed by atoms with Gasteiger partial charge in [-0.05, 0) is 62.5 Å². The van der Waals surface area contributed by atoms with Crippen molar-refractivity contribution < 1.29 is 36.9 Å². The molecule has 0 amide bonds. The van der Waals surface area contributed by atoms with Gasteiger partial charge in [-0.1, -0.05) is 0 Å². The third-order valence-corrected chi connectivity index (χ3v) is 9.84. The minimum absolute atomic E-state index is 0.0394. The lowest BCUT2D eigenvalue weighted by Gasteiger charge is -2.39. The van der Waals surface area contributed by atoms with Crippen LogP contribution in [0.5, 0.6) is 5.75 Å². The van der Waals surface area contributed by atoms with Gasteiger partial charge in [-0.25, -0.2) is 17.6 Å². The van der Waals surface area contributed by atoms with Gasteiger partial charge in [0.1, 0.15) is 29.4 Å². The number of fused-ring (bicyclic) bond motifs is 1. The summed E-state index contributed by atoms with van der Waals surface area (Å²) in [7, 11) is 1.56. The second kappa shape index (κ2) is 14.4. The lowest BCUT2D eigenvalue weighted by Crippen LogP contribution is -2.45. The summed E-state index contributed by atoms with van der Waals surface area (Å²) >= 11 is 0.962. The first-order valence-corrected chi connectivity index (χ1v) is 15.8. The zero-order valence-electron chi connectivity index (χ0n) is 24.7. The molecule has 7 nitrogen and oxygen atoms in total. The standard InChI is InChI=1S/C32H37F4N3O4S/c1-42-23-2-3-28-24(18-23)29(21(19-37-28)20-39-10-13-43-14-11-39)25(34)4-5-32(31(40)41)6-8-38(9-7-32)12-15-44-30-26(35)16-22(33)17-27(30)36/h2-3,16-19,25H,4-15,20H2,1H3,(H,40,41). The molecule has 2 aliphatic rings. The van der Waals surface area contributed by atoms with Crippen molar-refractivity contribution in [1.29, 1.82) is 0 Å². The van der Waals surface area contributed by atoms with Crippen molar-refractivity contribution >= 4 is 28.6 Å². The largest absolute Gasteiger partial charge is 0.497 e. The van der Waals surface area contributed by atoms with Crippen LogP contribution in [0.25, 0.3) is 10.9 Å². The van der Waals surface area contributed by atoms with Gasteiger partial charge in [0.25, 0.3) is 0 Å². The number of halogens is 4. The fraction of sp³-hybridized carbons (Fsp3) is 0.500. The summed E-state index contributed by atoms with van der Waals surface area (Å²) in [5, 5.41) is 10.9. The molecule has 5 rings (SSSR count). The van der Waals surface area contributed by atoms with E-state index < -0.39 is 35.0 Å². The Kier molecular flexibility index (Phi) is 10.7. The van der Waals surface area contributed by atoms with Crippen LogP contribution < -0.4 is 4.74 Å². The van der Waals surface area contributed by atoms with Crippen molar-refractivity contribution in [3.63, 3.8) is 0 Å². The number of hydrogen-bond acceptors (Lipinski definition) is 7. The second-order valence-electron chi connectivity index (χ2n) is 11.4. The molecule has 0 saturated carbocycles. The van der Waals surface area contributed by atoms with Crippen LogP contribution in [0.4, 0.5) is 17.6 Å². The average Bonchev–Trinajstić information content (AvgIpc) is 3.01. The maximum Gasteiger partial charge on any atom is 0.309 e. The maximum atomic E-state index is 16.4. The highest BCUT2D eigenvalue weighted by molar-refractivity contribution is 7.99. The van der Waals surface area contributed by atoms with Gasteiger partial charge in [0, 0.05) is 61.2 Å². The topological polar surface area (TPSA) is 75.1 Å². The Bertz CT molecular complexity index is 1440. The highest BCUT2D eigenvalue weighted by Gasteiger charge is 2.42. The SMILES string of the molecule is COc1ccc2ncc(CN3CCOCC3)c(C(F)CCC3(C(=O)O)CCN(CCSc4c(F)cc(F)cc4F)CC3)c2c1. The maximum absolute atomic E-state index is 16.4. The number of aromatic nitrogens is 1. The number of pyridine rings is 1. The van der Waals surface area contributed by atoms with E-state index >= 15 is 4.39 Å². The molecule has 3 heterocycles. The first-order chi connectivity index (χ1) is 21.2. The molecule has 2 fully saturated rings. The minimum atomic E-state index is -1.41. The molecule has 238 valence electrons. The van der Waals surface area contributed by atoms with Gasteiger partial charge >= 0.3 is 5.97 Å². The molecule has 0 spiro atoms. The van der Waals surface area contributed by atoms with E-state index in [1.807, 2.05) is 4.90 Å². The minimum Gasteiger partial charge on any atom is -0.497 e. The summed E-state index contributed by atoms with van der Waals surface area (Å²) in [6, 6.07) is 6.69. The van der Waals surface area contributed by atoms with Crippen LogP contribution in [-0.4, -0.2) is 84.7 Å². The number of nitrogens with zero attached hydrogens (tertiary/aromatic N) is 3. The predicted molar refractivity (Wildman–Crippen MR) is 160 cm³/mol. The first-order valence-electron chi connectivity index (χ1n) is 14.8. The summed E-state index contributed by atoms with van der Waals surface area (Å²) in [4.78, 5) is 21.2. The molecule has 2 aromatic carbocycles. The Labute approximate surface area is 258 Å². The summed E-state index contributed by atoms with van der Waals surface area (Å²) in [5.41, 5.74) is 0.865. The molecule has 1 N–H and O–H groups in total. The molecule has 1 atom stereocenters. The lowest BCUT2D eigenvalue weighted by molar-refractivity contribution is -0.153. The Morgan fingerprint density at radius 1 is 1.09 bits per heavy atom. The number of carboxylic acid groups (broad SMARTS) is 1. The monoisotopic (exact) mass is 635 g/mol. The molecule has 2 saturated heterocycles. The van der Waals surface area contributed by atoms with E-state index in [1.165, 1.54) is 0 Å². The van der Waals surface area contributed by atoms with Crippen LogP contribution in [0.3, 0.4) is 0 Å².